The van der Waals surface area contributed by atoms with E-state index in [-0.39, 0.29) is 32.5 Å². The van der Waals surface area contributed by atoms with Crippen LogP contribution in [0.25, 0.3) is 0 Å². The molecule has 0 heterocycles. The lowest BCUT2D eigenvalue weighted by molar-refractivity contribution is -0.133. The number of carbonyl (C=O) groups excluding carboxylic acids is 4. The van der Waals surface area contributed by atoms with Crippen LogP contribution in [0.4, 0.5) is 11.4 Å². The van der Waals surface area contributed by atoms with Crippen molar-refractivity contribution in [2.24, 2.45) is 0 Å². The Morgan fingerprint density at radius 2 is 1.36 bits per heavy atom. The van der Waals surface area contributed by atoms with Crippen molar-refractivity contribution in [3.63, 3.8) is 0 Å². The van der Waals surface area contributed by atoms with Gasteiger partial charge >= 0.3 is 23.8 Å². The van der Waals surface area contributed by atoms with Crippen molar-refractivity contribution in [2.45, 2.75) is 0 Å². The van der Waals surface area contributed by atoms with Crippen LogP contribution in [0.2, 0.25) is 10.0 Å². The number of benzene rings is 2. The van der Waals surface area contributed by atoms with Gasteiger partial charge < -0.3 is 20.1 Å². The highest BCUT2D eigenvalue weighted by Crippen LogP contribution is 2.23. The van der Waals surface area contributed by atoms with Gasteiger partial charge in [0.2, 0.25) is 0 Å². The number of anilines is 2. The molecule has 10 heteroatoms. The van der Waals surface area contributed by atoms with Gasteiger partial charge in [0.1, 0.15) is 0 Å². The molecule has 146 valence electrons. The molecular formula is C18H14Cl2N2O6. The Labute approximate surface area is 169 Å². The first kappa shape index (κ1) is 21.2. The fourth-order valence-electron chi connectivity index (χ4n) is 2.17. The Balaban J connectivity index is 2.26. The molecule has 8 nitrogen and oxygen atoms in total. The quantitative estimate of drug-likeness (QED) is 0.575. The van der Waals surface area contributed by atoms with Crippen LogP contribution in [-0.4, -0.2) is 38.0 Å². The molecule has 2 N–H and O–H groups in total. The molecular weight excluding hydrogens is 411 g/mol. The van der Waals surface area contributed by atoms with E-state index in [4.69, 9.17) is 23.2 Å². The fourth-order valence-corrected chi connectivity index (χ4v) is 2.70. The number of hydrogen-bond donors (Lipinski definition) is 2. The van der Waals surface area contributed by atoms with Gasteiger partial charge in [-0.15, -0.1) is 0 Å². The number of nitrogens with one attached hydrogen (secondary N) is 2. The van der Waals surface area contributed by atoms with E-state index in [1.165, 1.54) is 43.5 Å². The second-order valence-electron chi connectivity index (χ2n) is 5.31. The van der Waals surface area contributed by atoms with Crippen LogP contribution in [0.3, 0.4) is 0 Å². The summed E-state index contributed by atoms with van der Waals surface area (Å²) in [6.07, 6.45) is 0. The van der Waals surface area contributed by atoms with Crippen molar-refractivity contribution in [1.82, 2.24) is 0 Å². The second kappa shape index (κ2) is 9.20. The van der Waals surface area contributed by atoms with Crippen LogP contribution < -0.4 is 10.6 Å². The molecule has 2 aromatic rings. The third kappa shape index (κ3) is 5.21. The van der Waals surface area contributed by atoms with Gasteiger partial charge in [-0.25, -0.2) is 9.59 Å². The van der Waals surface area contributed by atoms with Crippen molar-refractivity contribution >= 4 is 58.3 Å². The number of amides is 2. The Morgan fingerprint density at radius 3 is 1.93 bits per heavy atom. The van der Waals surface area contributed by atoms with Crippen molar-refractivity contribution in [3.8, 4) is 0 Å². The predicted molar refractivity (Wildman–Crippen MR) is 103 cm³/mol. The Bertz CT molecular complexity index is 941. The normalized spacial score (nSPS) is 10.0. The van der Waals surface area contributed by atoms with Gasteiger partial charge in [0.25, 0.3) is 0 Å². The van der Waals surface area contributed by atoms with E-state index in [1.807, 2.05) is 0 Å². The van der Waals surface area contributed by atoms with E-state index in [9.17, 15) is 19.2 Å². The molecule has 0 fully saturated rings. The summed E-state index contributed by atoms with van der Waals surface area (Å²) in [7, 11) is 2.33. The van der Waals surface area contributed by atoms with E-state index in [0.29, 0.717) is 0 Å². The molecule has 0 bridgehead atoms. The van der Waals surface area contributed by atoms with Crippen molar-refractivity contribution in [2.75, 3.05) is 24.9 Å². The topological polar surface area (TPSA) is 111 Å². The molecule has 0 atom stereocenters. The van der Waals surface area contributed by atoms with Crippen molar-refractivity contribution in [3.05, 3.63) is 57.6 Å². The molecule has 0 aliphatic rings. The Hall–Kier alpha value is -3.10. The smallest absolute Gasteiger partial charge is 0.339 e. The average molecular weight is 425 g/mol. The van der Waals surface area contributed by atoms with Crippen molar-refractivity contribution in [1.29, 1.82) is 0 Å². The minimum absolute atomic E-state index is 0.0536. The van der Waals surface area contributed by atoms with Gasteiger partial charge in [-0.3, -0.25) is 9.59 Å². The monoisotopic (exact) mass is 424 g/mol. The van der Waals surface area contributed by atoms with Gasteiger partial charge in [-0.05, 0) is 36.4 Å². The maximum Gasteiger partial charge on any atom is 0.339 e. The number of halogens is 2. The molecule has 0 saturated heterocycles. The summed E-state index contributed by atoms with van der Waals surface area (Å²) in [5, 5.41) is 5.13. The maximum absolute atomic E-state index is 12.2. The third-order valence-corrected chi connectivity index (χ3v) is 3.86. The third-order valence-electron chi connectivity index (χ3n) is 3.42. The minimum atomic E-state index is -1.09. The van der Waals surface area contributed by atoms with Crippen LogP contribution in [0.5, 0.6) is 0 Å². The summed E-state index contributed by atoms with van der Waals surface area (Å²) in [6.45, 7) is 0. The number of rotatable bonds is 4. The lowest BCUT2D eigenvalue weighted by Crippen LogP contribution is -2.30. The number of hydrogen-bond acceptors (Lipinski definition) is 6. The van der Waals surface area contributed by atoms with Crippen LogP contribution in [0.1, 0.15) is 20.7 Å². The van der Waals surface area contributed by atoms with Gasteiger partial charge in [-0.2, -0.15) is 0 Å². The van der Waals surface area contributed by atoms with Gasteiger partial charge in [0.05, 0.1) is 31.0 Å². The molecule has 2 rings (SSSR count). The highest BCUT2D eigenvalue weighted by Gasteiger charge is 2.21. The lowest BCUT2D eigenvalue weighted by atomic mass is 10.1. The summed E-state index contributed by atoms with van der Waals surface area (Å²) in [4.78, 5) is 48.0. The summed E-state index contributed by atoms with van der Waals surface area (Å²) in [6, 6.07) is 8.04. The van der Waals surface area contributed by atoms with Crippen LogP contribution in [0.15, 0.2) is 36.4 Å². The zero-order valence-corrected chi connectivity index (χ0v) is 16.2. The van der Waals surface area contributed by atoms with E-state index in [2.05, 4.69) is 20.1 Å². The van der Waals surface area contributed by atoms with E-state index in [0.717, 1.165) is 7.11 Å². The van der Waals surface area contributed by atoms with Crippen LogP contribution in [0, 0.1) is 0 Å². The summed E-state index contributed by atoms with van der Waals surface area (Å²) < 4.78 is 9.23. The summed E-state index contributed by atoms with van der Waals surface area (Å²) >= 11 is 11.7. The molecule has 0 aromatic heterocycles. The zero-order valence-electron chi connectivity index (χ0n) is 14.7. The van der Waals surface area contributed by atoms with Gasteiger partial charge in [0.15, 0.2) is 0 Å². The van der Waals surface area contributed by atoms with Crippen LogP contribution >= 0.6 is 23.2 Å². The SMILES string of the molecule is COC(=O)c1ccc(C(=O)OC)c(NC(=O)C(=O)Nc2cc(Cl)cc(Cl)c2)c1. The Morgan fingerprint density at radius 1 is 0.786 bits per heavy atom. The Kier molecular flexibility index (Phi) is 6.97. The number of carbonyl (C=O) groups is 4. The fraction of sp³-hybridized carbons (Fsp3) is 0.111. The second-order valence-corrected chi connectivity index (χ2v) is 6.18. The highest BCUT2D eigenvalue weighted by atomic mass is 35.5. The molecule has 0 spiro atoms. The van der Waals surface area contributed by atoms with E-state index >= 15 is 0 Å². The molecule has 2 aromatic carbocycles. The average Bonchev–Trinajstić information content (AvgIpc) is 2.65. The lowest BCUT2D eigenvalue weighted by Gasteiger charge is -2.11. The minimum Gasteiger partial charge on any atom is -0.465 e. The standard InChI is InChI=1S/C18H14Cl2N2O6/c1-27-17(25)9-3-4-13(18(26)28-2)14(5-9)22-16(24)15(23)21-12-7-10(19)6-11(20)8-12/h3-8H,1-2H3,(H,21,23)(H,22,24). The van der Waals surface area contributed by atoms with Crippen molar-refractivity contribution < 1.29 is 28.7 Å². The largest absolute Gasteiger partial charge is 0.465 e. The summed E-state index contributed by atoms with van der Waals surface area (Å²) in [5.41, 5.74) is 0.114. The number of esters is 2. The molecule has 0 radical (unpaired) electrons. The van der Waals surface area contributed by atoms with Crippen LogP contribution in [-0.2, 0) is 19.1 Å². The first-order valence-corrected chi connectivity index (χ1v) is 8.40. The predicted octanol–water partition coefficient (Wildman–Crippen LogP) is 3.14. The maximum atomic E-state index is 12.2. The first-order chi connectivity index (χ1) is 13.2. The van der Waals surface area contributed by atoms with Gasteiger partial charge in [-0.1, -0.05) is 23.2 Å². The summed E-state index contributed by atoms with van der Waals surface area (Å²) in [5.74, 6) is -3.60. The molecule has 2 amide bonds. The number of methoxy groups -OCH3 is 2. The van der Waals surface area contributed by atoms with E-state index < -0.39 is 23.8 Å². The molecule has 0 aliphatic heterocycles. The molecule has 0 unspecified atom stereocenters. The highest BCUT2D eigenvalue weighted by molar-refractivity contribution is 6.44. The molecule has 28 heavy (non-hydrogen) atoms. The first-order valence-electron chi connectivity index (χ1n) is 7.64. The zero-order chi connectivity index (χ0) is 20.8. The van der Waals surface area contributed by atoms with E-state index in [1.54, 1.807) is 0 Å². The van der Waals surface area contributed by atoms with Gasteiger partial charge in [0, 0.05) is 15.7 Å². The molecule has 0 saturated carbocycles. The number of ether oxygens (including phenoxy) is 2. The molecule has 0 aliphatic carbocycles.